The maximum absolute atomic E-state index is 13.4. The van der Waals surface area contributed by atoms with Crippen LogP contribution in [-0.4, -0.2) is 35.4 Å². The summed E-state index contributed by atoms with van der Waals surface area (Å²) < 4.78 is 13.4. The van der Waals surface area contributed by atoms with Crippen molar-refractivity contribution in [2.75, 3.05) is 29.2 Å². The molecule has 3 rings (SSSR count). The van der Waals surface area contributed by atoms with Crippen LogP contribution in [0.25, 0.3) is 0 Å². The number of rotatable bonds is 8. The molecule has 0 spiro atoms. The van der Waals surface area contributed by atoms with Crippen molar-refractivity contribution >= 4 is 52.6 Å². The maximum atomic E-state index is 13.4. The van der Waals surface area contributed by atoms with Crippen LogP contribution < -0.4 is 4.90 Å². The molecule has 1 aliphatic rings. The fraction of sp³-hybridized carbons (Fsp3) is 0.480. The highest BCUT2D eigenvalue weighted by Gasteiger charge is 2.24. The van der Waals surface area contributed by atoms with Gasteiger partial charge in [0.05, 0.1) is 11.4 Å². The first-order chi connectivity index (χ1) is 15.4. The van der Waals surface area contributed by atoms with Crippen LogP contribution in [0.4, 0.5) is 15.8 Å². The molecule has 0 fully saturated rings. The first-order valence-electron chi connectivity index (χ1n) is 11.1. The van der Waals surface area contributed by atoms with Crippen molar-refractivity contribution in [3.63, 3.8) is 0 Å². The summed E-state index contributed by atoms with van der Waals surface area (Å²) in [5.41, 5.74) is 3.34. The van der Waals surface area contributed by atoms with Gasteiger partial charge in [0.15, 0.2) is 0 Å². The second-order valence-corrected chi connectivity index (χ2v) is 10.6. The van der Waals surface area contributed by atoms with Crippen molar-refractivity contribution in [3.05, 3.63) is 47.8 Å². The number of carboxylic acid groups (broad SMARTS) is 1. The zero-order valence-electron chi connectivity index (χ0n) is 19.4. The number of carboxylic acids is 1. The lowest BCUT2D eigenvalue weighted by atomic mass is 10.1. The van der Waals surface area contributed by atoms with Crippen molar-refractivity contribution in [2.45, 2.75) is 55.6 Å². The standard InChI is InChI=1S/C21H24FNO2S3.C4H10/c1-3-14-10-23(17-6-4-16(22)5-7-17)18-9-19(26-2)15(8-20(18)28-11-14)12-27-13-21(24)25;1-3-4-2/h4-9,14H,3,10-13H2,1-2H3,(H,24,25);3-4H2,1-2H3. The van der Waals surface area contributed by atoms with Crippen LogP contribution in [0.15, 0.2) is 46.2 Å². The number of nitrogens with zero attached hydrogens (tertiary/aromatic N) is 1. The van der Waals surface area contributed by atoms with Gasteiger partial charge in [0.2, 0.25) is 0 Å². The predicted octanol–water partition coefficient (Wildman–Crippen LogP) is 7.94. The molecule has 1 atom stereocenters. The summed E-state index contributed by atoms with van der Waals surface area (Å²) in [6.45, 7) is 7.48. The Morgan fingerprint density at radius 2 is 1.88 bits per heavy atom. The predicted molar refractivity (Wildman–Crippen MR) is 141 cm³/mol. The molecule has 0 bridgehead atoms. The molecule has 0 amide bonds. The number of benzene rings is 2. The minimum atomic E-state index is -0.784. The van der Waals surface area contributed by atoms with Crippen LogP contribution >= 0.6 is 35.3 Å². The van der Waals surface area contributed by atoms with E-state index in [1.165, 1.54) is 52.1 Å². The smallest absolute Gasteiger partial charge is 0.313 e. The summed E-state index contributed by atoms with van der Waals surface area (Å²) in [6.07, 6.45) is 5.78. The number of anilines is 2. The highest BCUT2D eigenvalue weighted by Crippen LogP contribution is 2.43. The molecule has 0 saturated heterocycles. The fourth-order valence-corrected chi connectivity index (χ4v) is 5.95. The Labute approximate surface area is 204 Å². The van der Waals surface area contributed by atoms with Crippen LogP contribution in [-0.2, 0) is 10.5 Å². The third-order valence-corrected chi connectivity index (χ3v) is 8.33. The molecule has 0 radical (unpaired) electrons. The molecule has 0 aliphatic carbocycles. The van der Waals surface area contributed by atoms with E-state index in [0.29, 0.717) is 11.7 Å². The molecule has 2 aromatic rings. The molecule has 1 unspecified atom stereocenters. The molecule has 0 aromatic heterocycles. The summed E-state index contributed by atoms with van der Waals surface area (Å²) >= 11 is 4.98. The van der Waals surface area contributed by atoms with Crippen molar-refractivity contribution in [3.8, 4) is 0 Å². The number of hydrogen-bond donors (Lipinski definition) is 1. The second-order valence-electron chi connectivity index (χ2n) is 7.69. The van der Waals surface area contributed by atoms with Gasteiger partial charge in [-0.15, -0.1) is 35.3 Å². The third kappa shape index (κ3) is 7.92. The zero-order chi connectivity index (χ0) is 23.5. The normalized spacial score (nSPS) is 15.4. The van der Waals surface area contributed by atoms with Crippen LogP contribution in [0.3, 0.4) is 0 Å². The Balaban J connectivity index is 0.000000837. The van der Waals surface area contributed by atoms with Gasteiger partial charge < -0.3 is 10.0 Å². The number of fused-ring (bicyclic) bond motifs is 1. The molecule has 2 aromatic carbocycles. The summed E-state index contributed by atoms with van der Waals surface area (Å²) in [4.78, 5) is 15.5. The van der Waals surface area contributed by atoms with Crippen molar-refractivity contribution in [2.24, 2.45) is 5.92 Å². The Morgan fingerprint density at radius 3 is 2.44 bits per heavy atom. The highest BCUT2D eigenvalue weighted by molar-refractivity contribution is 8.00. The topological polar surface area (TPSA) is 40.5 Å². The molecule has 7 heteroatoms. The van der Waals surface area contributed by atoms with Crippen LogP contribution in [0.1, 0.15) is 45.6 Å². The minimum absolute atomic E-state index is 0.109. The van der Waals surface area contributed by atoms with E-state index >= 15 is 0 Å². The van der Waals surface area contributed by atoms with Gasteiger partial charge in [-0.05, 0) is 54.1 Å². The molecule has 3 nitrogen and oxygen atoms in total. The molecular weight excluding hydrogens is 461 g/mol. The monoisotopic (exact) mass is 495 g/mol. The number of hydrogen-bond acceptors (Lipinski definition) is 5. The third-order valence-electron chi connectivity index (χ3n) is 5.27. The number of aliphatic carboxylic acids is 1. The number of halogens is 1. The number of thioether (sulfide) groups is 3. The Hall–Kier alpha value is -1.31. The molecule has 0 saturated carbocycles. The van der Waals surface area contributed by atoms with Crippen LogP contribution in [0.2, 0.25) is 0 Å². The summed E-state index contributed by atoms with van der Waals surface area (Å²) in [7, 11) is 0. The van der Waals surface area contributed by atoms with E-state index in [-0.39, 0.29) is 11.6 Å². The van der Waals surface area contributed by atoms with Gasteiger partial charge in [0.1, 0.15) is 5.82 Å². The van der Waals surface area contributed by atoms with Gasteiger partial charge in [-0.25, -0.2) is 4.39 Å². The van der Waals surface area contributed by atoms with Crippen LogP contribution in [0, 0.1) is 11.7 Å². The molecule has 1 heterocycles. The largest absolute Gasteiger partial charge is 0.481 e. The minimum Gasteiger partial charge on any atom is -0.481 e. The molecule has 1 aliphatic heterocycles. The van der Waals surface area contributed by atoms with Gasteiger partial charge in [0.25, 0.3) is 0 Å². The summed E-state index contributed by atoms with van der Waals surface area (Å²) in [6, 6.07) is 11.1. The average molecular weight is 496 g/mol. The van der Waals surface area contributed by atoms with E-state index in [1.807, 2.05) is 30.2 Å². The Morgan fingerprint density at radius 1 is 1.19 bits per heavy atom. The summed E-state index contributed by atoms with van der Waals surface area (Å²) in [5, 5.41) is 8.92. The maximum Gasteiger partial charge on any atom is 0.313 e. The van der Waals surface area contributed by atoms with E-state index < -0.39 is 5.97 Å². The van der Waals surface area contributed by atoms with E-state index in [0.717, 1.165) is 30.1 Å². The van der Waals surface area contributed by atoms with Gasteiger partial charge >= 0.3 is 5.97 Å². The van der Waals surface area contributed by atoms with E-state index in [9.17, 15) is 9.18 Å². The number of unbranched alkanes of at least 4 members (excludes halogenated alkanes) is 1. The van der Waals surface area contributed by atoms with Crippen molar-refractivity contribution in [1.82, 2.24) is 0 Å². The second kappa shape index (κ2) is 14.1. The SMILES string of the molecule is CCC1CSc2cc(CSCC(=O)O)c(SC)cc2N(c2ccc(F)cc2)C1.CCCC. The average Bonchev–Trinajstić information content (AvgIpc) is 2.98. The van der Waals surface area contributed by atoms with Gasteiger partial charge in [-0.2, -0.15) is 0 Å². The Kier molecular flexibility index (Phi) is 11.8. The summed E-state index contributed by atoms with van der Waals surface area (Å²) in [5.74, 6) is 1.37. The lowest BCUT2D eigenvalue weighted by Crippen LogP contribution is -2.24. The fourth-order valence-electron chi connectivity index (χ4n) is 3.20. The lowest BCUT2D eigenvalue weighted by molar-refractivity contribution is -0.133. The van der Waals surface area contributed by atoms with E-state index in [4.69, 9.17) is 5.11 Å². The lowest BCUT2D eigenvalue weighted by Gasteiger charge is -2.28. The van der Waals surface area contributed by atoms with Crippen LogP contribution in [0.5, 0.6) is 0 Å². The van der Waals surface area contributed by atoms with Crippen molar-refractivity contribution < 1.29 is 14.3 Å². The first kappa shape index (κ1) is 26.9. The van der Waals surface area contributed by atoms with Gasteiger partial charge in [0, 0.05) is 33.5 Å². The highest BCUT2D eigenvalue weighted by atomic mass is 32.2. The first-order valence-corrected chi connectivity index (χ1v) is 14.5. The number of carbonyl (C=O) groups is 1. The van der Waals surface area contributed by atoms with Gasteiger partial charge in [-0.3, -0.25) is 4.79 Å². The van der Waals surface area contributed by atoms with E-state index in [1.54, 1.807) is 11.8 Å². The molecule has 1 N–H and O–H groups in total. The zero-order valence-corrected chi connectivity index (χ0v) is 21.8. The molecule has 176 valence electrons. The van der Waals surface area contributed by atoms with Gasteiger partial charge in [-0.1, -0.05) is 40.0 Å². The van der Waals surface area contributed by atoms with E-state index in [2.05, 4.69) is 37.8 Å². The van der Waals surface area contributed by atoms with Crippen molar-refractivity contribution in [1.29, 1.82) is 0 Å². The molecular formula is C25H34FNO2S3. The quantitative estimate of drug-likeness (QED) is 0.375. The molecule has 32 heavy (non-hydrogen) atoms. The Bertz CT molecular complexity index is 859.